The van der Waals surface area contributed by atoms with Crippen molar-refractivity contribution >= 4 is 22.0 Å². The van der Waals surface area contributed by atoms with E-state index in [1.54, 1.807) is 0 Å². The number of carbonyl (C=O) groups is 1. The molecule has 118 valence electrons. The molecule has 0 radical (unpaired) electrons. The lowest BCUT2D eigenvalue weighted by Gasteiger charge is -2.22. The maximum atomic E-state index is 11.6. The van der Waals surface area contributed by atoms with Crippen molar-refractivity contribution in [1.82, 2.24) is 5.32 Å². The average Bonchev–Trinajstić information content (AvgIpc) is 2.53. The van der Waals surface area contributed by atoms with Crippen molar-refractivity contribution in [3.8, 4) is 0 Å². The summed E-state index contributed by atoms with van der Waals surface area (Å²) >= 11 is 3.26. The lowest BCUT2D eigenvalue weighted by Crippen LogP contribution is -2.41. The van der Waals surface area contributed by atoms with Crippen LogP contribution in [0.25, 0.3) is 0 Å². The average molecular weight is 360 g/mol. The van der Waals surface area contributed by atoms with Crippen LogP contribution in [0.3, 0.4) is 0 Å². The first-order valence-electron chi connectivity index (χ1n) is 6.97. The van der Waals surface area contributed by atoms with Gasteiger partial charge in [0.2, 0.25) is 0 Å². The number of rotatable bonds is 9. The number of alkyl halides is 1. The molecule has 0 aliphatic rings. The number of carbonyl (C=O) groups excluding carboxylic acids is 1. The summed E-state index contributed by atoms with van der Waals surface area (Å²) in [6.07, 6.45) is -1.00. The molecule has 0 unspecified atom stereocenters. The van der Waals surface area contributed by atoms with Gasteiger partial charge in [-0.05, 0) is 12.0 Å². The number of nitrogens with one attached hydrogen (secondary N) is 1. The molecular formula is C15H22BrNO4. The van der Waals surface area contributed by atoms with Gasteiger partial charge >= 0.3 is 6.09 Å². The zero-order valence-corrected chi connectivity index (χ0v) is 13.7. The van der Waals surface area contributed by atoms with Gasteiger partial charge in [0.05, 0.1) is 12.7 Å². The van der Waals surface area contributed by atoms with E-state index in [0.717, 1.165) is 5.56 Å². The monoisotopic (exact) mass is 359 g/mol. The smallest absolute Gasteiger partial charge is 0.407 e. The van der Waals surface area contributed by atoms with Gasteiger partial charge < -0.3 is 19.9 Å². The Morgan fingerprint density at radius 1 is 1.38 bits per heavy atom. The van der Waals surface area contributed by atoms with Crippen molar-refractivity contribution in [2.45, 2.75) is 32.2 Å². The van der Waals surface area contributed by atoms with Gasteiger partial charge in [-0.1, -0.05) is 53.2 Å². The highest BCUT2D eigenvalue weighted by molar-refractivity contribution is 9.09. The van der Waals surface area contributed by atoms with Crippen LogP contribution in [-0.2, 0) is 16.1 Å². The van der Waals surface area contributed by atoms with E-state index in [2.05, 4.69) is 21.2 Å². The van der Waals surface area contributed by atoms with Gasteiger partial charge in [-0.2, -0.15) is 0 Å². The molecule has 0 fully saturated rings. The quantitative estimate of drug-likeness (QED) is 0.664. The van der Waals surface area contributed by atoms with Crippen molar-refractivity contribution in [2.24, 2.45) is 0 Å². The van der Waals surface area contributed by atoms with Crippen LogP contribution >= 0.6 is 15.9 Å². The summed E-state index contributed by atoms with van der Waals surface area (Å²) in [5.74, 6) is 0. The molecule has 0 heterocycles. The summed E-state index contributed by atoms with van der Waals surface area (Å²) in [5, 5.41) is 13.1. The van der Waals surface area contributed by atoms with Gasteiger partial charge in [0.25, 0.3) is 0 Å². The summed E-state index contributed by atoms with van der Waals surface area (Å²) in [6.45, 7) is 2.77. The summed E-state index contributed by atoms with van der Waals surface area (Å²) in [6, 6.07) is 9.45. The molecule has 1 amide bonds. The molecule has 0 spiro atoms. The fourth-order valence-electron chi connectivity index (χ4n) is 1.72. The summed E-state index contributed by atoms with van der Waals surface area (Å²) in [7, 11) is 0. The summed E-state index contributed by atoms with van der Waals surface area (Å²) < 4.78 is 10.6. The molecule has 0 saturated carbocycles. The van der Waals surface area contributed by atoms with Gasteiger partial charge in [-0.15, -0.1) is 0 Å². The molecule has 0 saturated heterocycles. The standard InChI is InChI=1S/C15H22BrNO4/c1-2-13(18)14(20-9-8-16)10-17-15(19)21-11-12-6-4-3-5-7-12/h3-7,13-14,18H,2,8-11H2,1H3,(H,17,19)/t13-,14-/m1/s1. The minimum absolute atomic E-state index is 0.218. The first-order valence-corrected chi connectivity index (χ1v) is 8.09. The molecule has 0 bridgehead atoms. The fraction of sp³-hybridized carbons (Fsp3) is 0.533. The van der Waals surface area contributed by atoms with E-state index in [1.807, 2.05) is 37.3 Å². The van der Waals surface area contributed by atoms with Crippen LogP contribution in [0.1, 0.15) is 18.9 Å². The lowest BCUT2D eigenvalue weighted by atomic mass is 10.1. The van der Waals surface area contributed by atoms with Crippen molar-refractivity contribution < 1.29 is 19.4 Å². The second-order valence-corrected chi connectivity index (χ2v) is 5.31. The zero-order valence-electron chi connectivity index (χ0n) is 12.1. The predicted octanol–water partition coefficient (Wildman–Crippen LogP) is 2.46. The van der Waals surface area contributed by atoms with Gasteiger partial charge in [0.15, 0.2) is 0 Å². The molecule has 2 atom stereocenters. The molecular weight excluding hydrogens is 338 g/mol. The Morgan fingerprint density at radius 3 is 2.71 bits per heavy atom. The predicted molar refractivity (Wildman–Crippen MR) is 84.5 cm³/mol. The van der Waals surface area contributed by atoms with E-state index in [1.165, 1.54) is 0 Å². The van der Waals surface area contributed by atoms with Gasteiger partial charge in [0, 0.05) is 11.9 Å². The van der Waals surface area contributed by atoms with E-state index in [-0.39, 0.29) is 13.2 Å². The van der Waals surface area contributed by atoms with E-state index in [4.69, 9.17) is 9.47 Å². The Kier molecular flexibility index (Phi) is 9.05. The van der Waals surface area contributed by atoms with Crippen LogP contribution in [0, 0.1) is 0 Å². The number of benzene rings is 1. The van der Waals surface area contributed by atoms with E-state index < -0.39 is 18.3 Å². The number of ether oxygens (including phenoxy) is 2. The first kappa shape index (κ1) is 17.9. The summed E-state index contributed by atoms with van der Waals surface area (Å²) in [5.41, 5.74) is 0.924. The van der Waals surface area contributed by atoms with Crippen LogP contribution in [0.5, 0.6) is 0 Å². The van der Waals surface area contributed by atoms with Gasteiger partial charge in [-0.25, -0.2) is 4.79 Å². The molecule has 1 rings (SSSR count). The van der Waals surface area contributed by atoms with Gasteiger partial charge in [-0.3, -0.25) is 0 Å². The molecule has 0 aliphatic carbocycles. The number of amides is 1. The van der Waals surface area contributed by atoms with Gasteiger partial charge in [0.1, 0.15) is 12.7 Å². The molecule has 1 aromatic carbocycles. The summed E-state index contributed by atoms with van der Waals surface area (Å²) in [4.78, 5) is 11.6. The Hall–Kier alpha value is -1.11. The Balaban J connectivity index is 2.31. The van der Waals surface area contributed by atoms with E-state index in [9.17, 15) is 9.90 Å². The normalized spacial score (nSPS) is 13.5. The molecule has 1 aromatic rings. The van der Waals surface area contributed by atoms with Crippen molar-refractivity contribution in [1.29, 1.82) is 0 Å². The number of aliphatic hydroxyl groups excluding tert-OH is 1. The van der Waals surface area contributed by atoms with Crippen LogP contribution < -0.4 is 5.32 Å². The molecule has 5 nitrogen and oxygen atoms in total. The van der Waals surface area contributed by atoms with Crippen molar-refractivity contribution in [2.75, 3.05) is 18.5 Å². The topological polar surface area (TPSA) is 67.8 Å². The number of halogens is 1. The Bertz CT molecular complexity index is 402. The minimum atomic E-state index is -0.613. The number of hydrogen-bond acceptors (Lipinski definition) is 4. The molecule has 6 heteroatoms. The SMILES string of the molecule is CC[C@@H](O)[C@@H](CNC(=O)OCc1ccccc1)OCCBr. The fourth-order valence-corrected chi connectivity index (χ4v) is 1.91. The Morgan fingerprint density at radius 2 is 2.10 bits per heavy atom. The highest BCUT2D eigenvalue weighted by Crippen LogP contribution is 2.04. The number of aliphatic hydroxyl groups is 1. The highest BCUT2D eigenvalue weighted by Gasteiger charge is 2.19. The third-order valence-corrected chi connectivity index (χ3v) is 3.24. The Labute approximate surface area is 133 Å². The molecule has 0 aromatic heterocycles. The van der Waals surface area contributed by atoms with Crippen LogP contribution in [-0.4, -0.2) is 41.9 Å². The van der Waals surface area contributed by atoms with E-state index >= 15 is 0 Å². The largest absolute Gasteiger partial charge is 0.445 e. The van der Waals surface area contributed by atoms with Crippen LogP contribution in [0.15, 0.2) is 30.3 Å². The van der Waals surface area contributed by atoms with Crippen molar-refractivity contribution in [3.63, 3.8) is 0 Å². The second kappa shape index (κ2) is 10.6. The second-order valence-electron chi connectivity index (χ2n) is 4.52. The third-order valence-electron chi connectivity index (χ3n) is 2.92. The minimum Gasteiger partial charge on any atom is -0.445 e. The number of hydrogen-bond donors (Lipinski definition) is 2. The lowest BCUT2D eigenvalue weighted by molar-refractivity contribution is -0.0308. The molecule has 21 heavy (non-hydrogen) atoms. The molecule has 0 aliphatic heterocycles. The first-order chi connectivity index (χ1) is 10.2. The van der Waals surface area contributed by atoms with Crippen LogP contribution in [0.2, 0.25) is 0 Å². The van der Waals surface area contributed by atoms with Crippen LogP contribution in [0.4, 0.5) is 4.79 Å². The highest BCUT2D eigenvalue weighted by atomic mass is 79.9. The molecule has 2 N–H and O–H groups in total. The third kappa shape index (κ3) is 7.45. The maximum Gasteiger partial charge on any atom is 0.407 e. The van der Waals surface area contributed by atoms with E-state index in [0.29, 0.717) is 18.4 Å². The van der Waals surface area contributed by atoms with Crippen molar-refractivity contribution in [3.05, 3.63) is 35.9 Å². The maximum absolute atomic E-state index is 11.6. The zero-order chi connectivity index (χ0) is 15.5. The number of alkyl carbamates (subject to hydrolysis) is 1.